The van der Waals surface area contributed by atoms with Crippen molar-refractivity contribution in [2.45, 2.75) is 25.4 Å². The highest BCUT2D eigenvalue weighted by Crippen LogP contribution is 2.23. The van der Waals surface area contributed by atoms with Crippen LogP contribution in [0.25, 0.3) is 0 Å². The summed E-state index contributed by atoms with van der Waals surface area (Å²) >= 11 is 0. The Kier molecular flexibility index (Phi) is 3.60. The maximum atomic E-state index is 13.6. The van der Waals surface area contributed by atoms with Gasteiger partial charge in [-0.2, -0.15) is 5.10 Å². The Morgan fingerprint density at radius 1 is 1.43 bits per heavy atom. The van der Waals surface area contributed by atoms with Gasteiger partial charge < -0.3 is 10.1 Å². The topological polar surface area (TPSA) is 56.1 Å². The van der Waals surface area contributed by atoms with Gasteiger partial charge in [-0.15, -0.1) is 0 Å². The Morgan fingerprint density at radius 2 is 2.24 bits per heavy atom. The van der Waals surface area contributed by atoms with Crippen LogP contribution in [-0.4, -0.2) is 22.9 Å². The summed E-state index contributed by atoms with van der Waals surface area (Å²) < 4.78 is 19.8. The van der Waals surface area contributed by atoms with E-state index in [1.807, 2.05) is 0 Å². The van der Waals surface area contributed by atoms with E-state index in [9.17, 15) is 9.18 Å². The van der Waals surface area contributed by atoms with Gasteiger partial charge in [0.05, 0.1) is 25.5 Å². The molecule has 0 saturated heterocycles. The van der Waals surface area contributed by atoms with E-state index in [4.69, 9.17) is 4.74 Å². The average molecular weight is 289 g/mol. The molecule has 3 rings (SSSR count). The number of methoxy groups -OCH3 is 1. The zero-order valence-corrected chi connectivity index (χ0v) is 11.7. The molecule has 1 aliphatic carbocycles. The molecule has 0 spiro atoms. The van der Waals surface area contributed by atoms with Crippen molar-refractivity contribution in [3.63, 3.8) is 0 Å². The quantitative estimate of drug-likeness (QED) is 0.915. The first-order valence-corrected chi connectivity index (χ1v) is 6.82. The molecule has 1 aromatic heterocycles. The molecule has 21 heavy (non-hydrogen) atoms. The molecule has 6 heteroatoms. The van der Waals surface area contributed by atoms with Crippen molar-refractivity contribution in [1.82, 2.24) is 9.78 Å². The third kappa shape index (κ3) is 3.21. The van der Waals surface area contributed by atoms with Gasteiger partial charge in [0.1, 0.15) is 0 Å². The van der Waals surface area contributed by atoms with Crippen molar-refractivity contribution in [3.05, 3.63) is 52.2 Å². The fourth-order valence-corrected chi connectivity index (χ4v) is 2.08. The maximum absolute atomic E-state index is 13.6. The van der Waals surface area contributed by atoms with Crippen LogP contribution < -0.4 is 15.6 Å². The number of ether oxygens (including phenoxy) is 1. The number of halogens is 1. The predicted molar refractivity (Wildman–Crippen MR) is 77.2 cm³/mol. The van der Waals surface area contributed by atoms with Gasteiger partial charge in [-0.25, -0.2) is 9.07 Å². The van der Waals surface area contributed by atoms with Crippen LogP contribution in [0.2, 0.25) is 0 Å². The number of aromatic nitrogens is 2. The molecule has 1 aromatic carbocycles. The summed E-state index contributed by atoms with van der Waals surface area (Å²) in [6.45, 7) is 0.226. The van der Waals surface area contributed by atoms with Gasteiger partial charge in [0, 0.05) is 12.1 Å². The lowest BCUT2D eigenvalue weighted by Crippen LogP contribution is -2.23. The van der Waals surface area contributed by atoms with E-state index in [0.29, 0.717) is 11.6 Å². The van der Waals surface area contributed by atoms with Gasteiger partial charge in [-0.05, 0) is 30.5 Å². The summed E-state index contributed by atoms with van der Waals surface area (Å²) in [6, 6.07) is 6.59. The molecule has 0 atom stereocenters. The molecule has 1 N–H and O–H groups in total. The summed E-state index contributed by atoms with van der Waals surface area (Å²) in [6.07, 6.45) is 3.89. The Bertz CT molecular complexity index is 710. The number of hydrogen-bond donors (Lipinski definition) is 1. The minimum Gasteiger partial charge on any atom is -0.494 e. The van der Waals surface area contributed by atoms with Crippen molar-refractivity contribution in [3.8, 4) is 5.75 Å². The lowest BCUT2D eigenvalue weighted by Gasteiger charge is -2.08. The molecule has 110 valence electrons. The van der Waals surface area contributed by atoms with Crippen molar-refractivity contribution < 1.29 is 9.13 Å². The van der Waals surface area contributed by atoms with Crippen LogP contribution in [0.3, 0.4) is 0 Å². The van der Waals surface area contributed by atoms with Crippen LogP contribution in [0, 0.1) is 5.82 Å². The number of nitrogens with one attached hydrogen (secondary N) is 1. The molecule has 2 aromatic rings. The molecule has 0 amide bonds. The van der Waals surface area contributed by atoms with Crippen molar-refractivity contribution in [2.24, 2.45) is 0 Å². The van der Waals surface area contributed by atoms with Crippen molar-refractivity contribution >= 4 is 5.69 Å². The minimum atomic E-state index is -0.449. The monoisotopic (exact) mass is 289 g/mol. The molecule has 0 unspecified atom stereocenters. The number of rotatable bonds is 5. The van der Waals surface area contributed by atoms with E-state index in [0.717, 1.165) is 18.5 Å². The molecular formula is C15H16FN3O2. The fourth-order valence-electron chi connectivity index (χ4n) is 2.08. The summed E-state index contributed by atoms with van der Waals surface area (Å²) in [4.78, 5) is 12.0. The molecule has 0 aliphatic heterocycles. The van der Waals surface area contributed by atoms with Crippen molar-refractivity contribution in [2.75, 3.05) is 12.4 Å². The van der Waals surface area contributed by atoms with Crippen molar-refractivity contribution in [1.29, 1.82) is 0 Å². The SMILES string of the molecule is COc1ccc(Cn2ncc(NC3CC3)cc2=O)cc1F. The Labute approximate surface area is 121 Å². The highest BCUT2D eigenvalue weighted by Gasteiger charge is 2.21. The molecular weight excluding hydrogens is 273 g/mol. The predicted octanol–water partition coefficient (Wildman–Crippen LogP) is 2.01. The maximum Gasteiger partial charge on any atom is 0.269 e. The summed E-state index contributed by atoms with van der Waals surface area (Å²) in [5, 5.41) is 7.33. The first-order chi connectivity index (χ1) is 10.2. The van der Waals surface area contributed by atoms with Gasteiger partial charge in [-0.1, -0.05) is 6.07 Å². The van der Waals surface area contributed by atoms with E-state index in [1.165, 1.54) is 23.9 Å². The lowest BCUT2D eigenvalue weighted by molar-refractivity contribution is 0.386. The van der Waals surface area contributed by atoms with Gasteiger partial charge in [-0.3, -0.25) is 4.79 Å². The second-order valence-electron chi connectivity index (χ2n) is 5.13. The molecule has 1 fully saturated rings. The third-order valence-corrected chi connectivity index (χ3v) is 3.37. The molecule has 0 bridgehead atoms. The summed E-state index contributed by atoms with van der Waals surface area (Å²) in [5.41, 5.74) is 1.18. The Balaban J connectivity index is 1.77. The number of benzene rings is 1. The van der Waals surface area contributed by atoms with Crippen LogP contribution in [0.1, 0.15) is 18.4 Å². The summed E-state index contributed by atoms with van der Waals surface area (Å²) in [7, 11) is 1.41. The largest absolute Gasteiger partial charge is 0.494 e. The smallest absolute Gasteiger partial charge is 0.269 e. The third-order valence-electron chi connectivity index (χ3n) is 3.37. The number of anilines is 1. The molecule has 0 radical (unpaired) electrons. The summed E-state index contributed by atoms with van der Waals surface area (Å²) in [5.74, 6) is -0.266. The van der Waals surface area contributed by atoms with E-state index >= 15 is 0 Å². The highest BCUT2D eigenvalue weighted by molar-refractivity contribution is 5.41. The van der Waals surface area contributed by atoms with Gasteiger partial charge in [0.2, 0.25) is 0 Å². The van der Waals surface area contributed by atoms with Gasteiger partial charge in [0.15, 0.2) is 11.6 Å². The Morgan fingerprint density at radius 3 is 2.86 bits per heavy atom. The first kappa shape index (κ1) is 13.6. The highest BCUT2D eigenvalue weighted by atomic mass is 19.1. The van der Waals surface area contributed by atoms with Crippen LogP contribution in [0.5, 0.6) is 5.75 Å². The minimum absolute atomic E-state index is 0.183. The van der Waals surface area contributed by atoms with Crippen LogP contribution in [0.4, 0.5) is 10.1 Å². The van der Waals surface area contributed by atoms with E-state index in [-0.39, 0.29) is 17.9 Å². The van der Waals surface area contributed by atoms with Gasteiger partial charge in [0.25, 0.3) is 5.56 Å². The normalized spacial score (nSPS) is 14.0. The van der Waals surface area contributed by atoms with E-state index in [1.54, 1.807) is 18.3 Å². The van der Waals surface area contributed by atoms with E-state index in [2.05, 4.69) is 10.4 Å². The number of nitrogens with zero attached hydrogens (tertiary/aromatic N) is 2. The molecule has 1 heterocycles. The van der Waals surface area contributed by atoms with Crippen LogP contribution >= 0.6 is 0 Å². The number of hydrogen-bond acceptors (Lipinski definition) is 4. The van der Waals surface area contributed by atoms with Crippen LogP contribution in [-0.2, 0) is 6.54 Å². The fraction of sp³-hybridized carbons (Fsp3) is 0.333. The second-order valence-corrected chi connectivity index (χ2v) is 5.13. The molecule has 1 aliphatic rings. The average Bonchev–Trinajstić information content (AvgIpc) is 3.26. The lowest BCUT2D eigenvalue weighted by atomic mass is 10.2. The van der Waals surface area contributed by atoms with E-state index < -0.39 is 5.82 Å². The standard InChI is InChI=1S/C15H16FN3O2/c1-21-14-5-2-10(6-13(14)16)9-19-15(20)7-12(8-17-19)18-11-3-4-11/h2,5-8,11,18H,3-4,9H2,1H3. The van der Waals surface area contributed by atoms with Crippen LogP contribution in [0.15, 0.2) is 35.3 Å². The zero-order chi connectivity index (χ0) is 14.8. The second kappa shape index (κ2) is 5.55. The Hall–Kier alpha value is -2.37. The molecule has 1 saturated carbocycles. The first-order valence-electron chi connectivity index (χ1n) is 6.82. The molecule has 5 nitrogen and oxygen atoms in total. The van der Waals surface area contributed by atoms with Gasteiger partial charge >= 0.3 is 0 Å². The zero-order valence-electron chi connectivity index (χ0n) is 11.7.